The first-order chi connectivity index (χ1) is 17.2. The lowest BCUT2D eigenvalue weighted by Crippen LogP contribution is -2.22. The Bertz CT molecular complexity index is 1270. The molecule has 0 saturated carbocycles. The van der Waals surface area contributed by atoms with Gasteiger partial charge in [0.05, 0.1) is 16.9 Å². The van der Waals surface area contributed by atoms with Gasteiger partial charge in [0.2, 0.25) is 11.8 Å². The molecular formula is C28H26F3N3O2. The number of nitrogens with one attached hydrogen (secondary N) is 2. The van der Waals surface area contributed by atoms with Gasteiger partial charge in [-0.15, -0.1) is 0 Å². The lowest BCUT2D eigenvalue weighted by atomic mass is 10.0. The molecular weight excluding hydrogens is 467 g/mol. The van der Waals surface area contributed by atoms with Gasteiger partial charge in [-0.1, -0.05) is 55.0 Å². The summed E-state index contributed by atoms with van der Waals surface area (Å²) in [5.41, 5.74) is 10.00. The van der Waals surface area contributed by atoms with Crippen molar-refractivity contribution in [3.8, 4) is 11.1 Å². The molecule has 36 heavy (non-hydrogen) atoms. The number of anilines is 2. The fourth-order valence-corrected chi connectivity index (χ4v) is 4.25. The summed E-state index contributed by atoms with van der Waals surface area (Å²) in [5.74, 6) is -0.499. The van der Waals surface area contributed by atoms with Crippen LogP contribution in [0.25, 0.3) is 16.7 Å². The first-order valence-corrected chi connectivity index (χ1v) is 11.7. The van der Waals surface area contributed by atoms with E-state index in [-0.39, 0.29) is 29.6 Å². The Balaban J connectivity index is 1.21. The zero-order valence-electron chi connectivity index (χ0n) is 19.5. The van der Waals surface area contributed by atoms with Crippen LogP contribution in [-0.2, 0) is 15.8 Å². The highest BCUT2D eigenvalue weighted by atomic mass is 19.4. The van der Waals surface area contributed by atoms with Gasteiger partial charge in [-0.05, 0) is 58.9 Å². The highest BCUT2D eigenvalue weighted by Gasteiger charge is 2.31. The van der Waals surface area contributed by atoms with Gasteiger partial charge in [-0.3, -0.25) is 9.59 Å². The van der Waals surface area contributed by atoms with E-state index in [1.807, 2.05) is 36.4 Å². The van der Waals surface area contributed by atoms with Crippen LogP contribution in [0.15, 0.2) is 72.8 Å². The van der Waals surface area contributed by atoms with Crippen LogP contribution < -0.4 is 16.4 Å². The molecule has 0 fully saturated rings. The predicted molar refractivity (Wildman–Crippen MR) is 135 cm³/mol. The highest BCUT2D eigenvalue weighted by Crippen LogP contribution is 2.43. The molecule has 3 aromatic rings. The molecule has 1 aliphatic rings. The van der Waals surface area contributed by atoms with Crippen LogP contribution in [0.4, 0.5) is 24.5 Å². The van der Waals surface area contributed by atoms with Crippen molar-refractivity contribution in [1.82, 2.24) is 5.32 Å². The minimum absolute atomic E-state index is 0.137. The molecule has 5 nitrogen and oxygen atoms in total. The van der Waals surface area contributed by atoms with Gasteiger partial charge < -0.3 is 16.4 Å². The smallest absolute Gasteiger partial charge is 0.397 e. The van der Waals surface area contributed by atoms with E-state index in [1.165, 1.54) is 0 Å². The number of benzene rings is 3. The Morgan fingerprint density at radius 2 is 1.44 bits per heavy atom. The molecule has 2 amide bonds. The third-order valence-corrected chi connectivity index (χ3v) is 6.03. The molecule has 3 aromatic carbocycles. The van der Waals surface area contributed by atoms with E-state index >= 15 is 0 Å². The zero-order chi connectivity index (χ0) is 25.7. The van der Waals surface area contributed by atoms with Crippen molar-refractivity contribution >= 4 is 28.8 Å². The van der Waals surface area contributed by atoms with E-state index in [0.29, 0.717) is 25.8 Å². The van der Waals surface area contributed by atoms with E-state index in [0.717, 1.165) is 46.0 Å². The largest absolute Gasteiger partial charge is 0.416 e. The van der Waals surface area contributed by atoms with E-state index in [1.54, 1.807) is 6.08 Å². The Labute approximate surface area is 207 Å². The third kappa shape index (κ3) is 5.76. The number of rotatable bonds is 8. The predicted octanol–water partition coefficient (Wildman–Crippen LogP) is 6.02. The van der Waals surface area contributed by atoms with Crippen molar-refractivity contribution in [2.75, 3.05) is 17.6 Å². The first kappa shape index (κ1) is 25.0. The molecule has 0 aliphatic heterocycles. The average molecular weight is 494 g/mol. The topological polar surface area (TPSA) is 84.2 Å². The monoisotopic (exact) mass is 493 g/mol. The fraction of sp³-hybridized carbons (Fsp3) is 0.214. The van der Waals surface area contributed by atoms with Gasteiger partial charge in [-0.25, -0.2) is 0 Å². The van der Waals surface area contributed by atoms with Crippen LogP contribution in [0, 0.1) is 0 Å². The number of alkyl halides is 3. The fourth-order valence-electron chi connectivity index (χ4n) is 4.25. The quantitative estimate of drug-likeness (QED) is 0.160. The van der Waals surface area contributed by atoms with E-state index < -0.39 is 11.7 Å². The molecule has 0 heterocycles. The maximum atomic E-state index is 12.7. The van der Waals surface area contributed by atoms with Crippen LogP contribution in [0.3, 0.4) is 0 Å². The number of fused-ring (bicyclic) bond motifs is 3. The standard InChI is InChI=1S/C28H26F3N3O2/c29-28(30,31)18-13-14-25(24(32)16-18)34-26(35)12-2-1-7-15-33-27(36)17-23-21-10-5-3-8-19(21)20-9-4-6-11-22(20)23/h3-6,8-11,13-14,16-17H,1-2,7,12,15,32H2,(H,33,36)(H,34,35). The number of hydrogen-bond acceptors (Lipinski definition) is 3. The number of nitrogens with two attached hydrogens (primary N) is 1. The van der Waals surface area contributed by atoms with Crippen molar-refractivity contribution in [2.24, 2.45) is 0 Å². The molecule has 4 rings (SSSR count). The normalized spacial score (nSPS) is 12.0. The molecule has 0 bridgehead atoms. The maximum absolute atomic E-state index is 12.7. The number of hydrogen-bond donors (Lipinski definition) is 3. The van der Waals surface area contributed by atoms with Gasteiger partial charge in [0.1, 0.15) is 0 Å². The molecule has 186 valence electrons. The van der Waals surface area contributed by atoms with Crippen molar-refractivity contribution in [3.05, 3.63) is 89.5 Å². The van der Waals surface area contributed by atoms with Gasteiger partial charge in [0.25, 0.3) is 0 Å². The Hall–Kier alpha value is -4.07. The second kappa shape index (κ2) is 10.7. The highest BCUT2D eigenvalue weighted by molar-refractivity contribution is 6.08. The lowest BCUT2D eigenvalue weighted by molar-refractivity contribution is -0.137. The first-order valence-electron chi connectivity index (χ1n) is 11.7. The molecule has 0 spiro atoms. The second-order valence-electron chi connectivity index (χ2n) is 8.60. The number of carbonyl (C=O) groups excluding carboxylic acids is 2. The Kier molecular flexibility index (Phi) is 7.43. The van der Waals surface area contributed by atoms with Crippen LogP contribution >= 0.6 is 0 Å². The molecule has 1 aliphatic carbocycles. The van der Waals surface area contributed by atoms with Gasteiger partial charge in [0, 0.05) is 19.0 Å². The van der Waals surface area contributed by atoms with Gasteiger partial charge in [0.15, 0.2) is 0 Å². The van der Waals surface area contributed by atoms with E-state index in [9.17, 15) is 22.8 Å². The number of halogens is 3. The summed E-state index contributed by atoms with van der Waals surface area (Å²) in [6.07, 6.45) is -0.687. The molecule has 0 radical (unpaired) electrons. The summed E-state index contributed by atoms with van der Waals surface area (Å²) in [6, 6.07) is 18.8. The van der Waals surface area contributed by atoms with Crippen LogP contribution in [0.2, 0.25) is 0 Å². The second-order valence-corrected chi connectivity index (χ2v) is 8.60. The number of nitrogen functional groups attached to an aromatic ring is 1. The zero-order valence-corrected chi connectivity index (χ0v) is 19.5. The summed E-state index contributed by atoms with van der Waals surface area (Å²) in [7, 11) is 0. The summed E-state index contributed by atoms with van der Waals surface area (Å²) in [4.78, 5) is 24.7. The maximum Gasteiger partial charge on any atom is 0.416 e. The third-order valence-electron chi connectivity index (χ3n) is 6.03. The van der Waals surface area contributed by atoms with E-state index in [4.69, 9.17) is 5.73 Å². The molecule has 0 saturated heterocycles. The van der Waals surface area contributed by atoms with Crippen LogP contribution in [0.1, 0.15) is 42.4 Å². The molecule has 8 heteroatoms. The van der Waals surface area contributed by atoms with Crippen molar-refractivity contribution < 1.29 is 22.8 Å². The Morgan fingerprint density at radius 1 is 0.833 bits per heavy atom. The average Bonchev–Trinajstić information content (AvgIpc) is 3.15. The minimum atomic E-state index is -4.49. The van der Waals surface area contributed by atoms with E-state index in [2.05, 4.69) is 22.8 Å². The summed E-state index contributed by atoms with van der Waals surface area (Å²) in [6.45, 7) is 0.472. The summed E-state index contributed by atoms with van der Waals surface area (Å²) in [5, 5.41) is 5.45. The van der Waals surface area contributed by atoms with Crippen molar-refractivity contribution in [3.63, 3.8) is 0 Å². The molecule has 0 unspecified atom stereocenters. The van der Waals surface area contributed by atoms with Gasteiger partial charge in [-0.2, -0.15) is 13.2 Å². The minimum Gasteiger partial charge on any atom is -0.397 e. The van der Waals surface area contributed by atoms with Crippen LogP contribution in [-0.4, -0.2) is 18.4 Å². The number of unbranched alkanes of at least 4 members (excludes halogenated alkanes) is 2. The summed E-state index contributed by atoms with van der Waals surface area (Å²) < 4.78 is 38.2. The SMILES string of the molecule is Nc1cc(C(F)(F)F)ccc1NC(=O)CCCCCNC(=O)C=C1c2ccccc2-c2ccccc21. The molecule has 0 aromatic heterocycles. The van der Waals surface area contributed by atoms with Crippen molar-refractivity contribution in [1.29, 1.82) is 0 Å². The van der Waals surface area contributed by atoms with Crippen LogP contribution in [0.5, 0.6) is 0 Å². The Morgan fingerprint density at radius 3 is 2.03 bits per heavy atom. The van der Waals surface area contributed by atoms with Gasteiger partial charge >= 0.3 is 6.18 Å². The number of carbonyl (C=O) groups is 2. The summed E-state index contributed by atoms with van der Waals surface area (Å²) >= 11 is 0. The number of amides is 2. The molecule has 4 N–H and O–H groups in total. The lowest BCUT2D eigenvalue weighted by Gasteiger charge is -2.12. The van der Waals surface area contributed by atoms with Crippen molar-refractivity contribution in [2.45, 2.75) is 31.9 Å². The molecule has 0 atom stereocenters.